The van der Waals surface area contributed by atoms with Gasteiger partial charge in [-0.1, -0.05) is 11.6 Å². The maximum absolute atomic E-state index is 13.5. The van der Waals surface area contributed by atoms with Crippen LogP contribution in [0.1, 0.15) is 23.4 Å². The fourth-order valence-corrected chi connectivity index (χ4v) is 3.39. The number of nitrogens with one attached hydrogen (secondary N) is 1. The highest BCUT2D eigenvalue weighted by Gasteiger charge is 2.37. The second kappa shape index (κ2) is 5.80. The van der Waals surface area contributed by atoms with Gasteiger partial charge in [-0.3, -0.25) is 0 Å². The van der Waals surface area contributed by atoms with E-state index in [0.29, 0.717) is 23.7 Å². The van der Waals surface area contributed by atoms with Crippen LogP contribution in [0.15, 0.2) is 24.4 Å². The van der Waals surface area contributed by atoms with E-state index < -0.39 is 24.0 Å². The van der Waals surface area contributed by atoms with Crippen molar-refractivity contribution in [3.63, 3.8) is 0 Å². The molecule has 0 radical (unpaired) electrons. The SMILES string of the molecule is FC(F)c1ccn2nc(C(F)(F)F)nc2c1-c1cc(Cl)c2c(c1)CCN2. The van der Waals surface area contributed by atoms with Crippen molar-refractivity contribution in [2.24, 2.45) is 0 Å². The van der Waals surface area contributed by atoms with Crippen molar-refractivity contribution in [2.45, 2.75) is 19.0 Å². The predicted octanol–water partition coefficient (Wildman–Crippen LogP) is 4.97. The fourth-order valence-electron chi connectivity index (χ4n) is 3.08. The van der Waals surface area contributed by atoms with Crippen LogP contribution in [-0.4, -0.2) is 21.1 Å². The second-order valence-electron chi connectivity index (χ2n) is 5.82. The molecule has 0 bridgehead atoms. The lowest BCUT2D eigenvalue weighted by molar-refractivity contribution is -0.144. The van der Waals surface area contributed by atoms with Gasteiger partial charge in [0.2, 0.25) is 0 Å². The summed E-state index contributed by atoms with van der Waals surface area (Å²) in [5, 5.41) is 6.75. The standard InChI is InChI=1S/C16H10ClF5N4/c17-10-6-8(5-7-1-3-23-12(7)10)11-9(13(18)19)2-4-26-14(11)24-15(25-26)16(20,21)22/h2,4-6,13,23H,1,3H2. The van der Waals surface area contributed by atoms with Crippen LogP contribution in [0.25, 0.3) is 16.8 Å². The van der Waals surface area contributed by atoms with Gasteiger partial charge in [-0.05, 0) is 35.7 Å². The molecule has 26 heavy (non-hydrogen) atoms. The van der Waals surface area contributed by atoms with Gasteiger partial charge in [0.25, 0.3) is 12.2 Å². The number of nitrogens with zero attached hydrogens (tertiary/aromatic N) is 3. The molecule has 0 saturated heterocycles. The van der Waals surface area contributed by atoms with Crippen LogP contribution in [-0.2, 0) is 12.6 Å². The van der Waals surface area contributed by atoms with Crippen molar-refractivity contribution < 1.29 is 22.0 Å². The molecule has 2 aromatic heterocycles. The Morgan fingerprint density at radius 1 is 1.23 bits per heavy atom. The van der Waals surface area contributed by atoms with Crippen molar-refractivity contribution in [2.75, 3.05) is 11.9 Å². The zero-order valence-corrected chi connectivity index (χ0v) is 13.7. The normalized spacial score (nSPS) is 14.1. The van der Waals surface area contributed by atoms with E-state index in [9.17, 15) is 22.0 Å². The van der Waals surface area contributed by atoms with Crippen molar-refractivity contribution in [1.82, 2.24) is 14.6 Å². The van der Waals surface area contributed by atoms with Crippen molar-refractivity contribution in [3.05, 3.63) is 46.4 Å². The summed E-state index contributed by atoms with van der Waals surface area (Å²) >= 11 is 6.21. The molecule has 1 aliphatic rings. The third kappa shape index (κ3) is 2.66. The first-order chi connectivity index (χ1) is 12.3. The molecule has 1 aromatic carbocycles. The van der Waals surface area contributed by atoms with Gasteiger partial charge in [-0.2, -0.15) is 13.2 Å². The van der Waals surface area contributed by atoms with Gasteiger partial charge >= 0.3 is 6.18 Å². The van der Waals surface area contributed by atoms with Gasteiger partial charge in [0, 0.05) is 23.9 Å². The molecule has 0 spiro atoms. The number of alkyl halides is 5. The minimum absolute atomic E-state index is 0.109. The molecule has 136 valence electrons. The van der Waals surface area contributed by atoms with Crippen molar-refractivity contribution in [1.29, 1.82) is 0 Å². The Morgan fingerprint density at radius 2 is 2.00 bits per heavy atom. The fraction of sp³-hybridized carbons (Fsp3) is 0.250. The molecule has 4 rings (SSSR count). The third-order valence-electron chi connectivity index (χ3n) is 4.18. The summed E-state index contributed by atoms with van der Waals surface area (Å²) in [4.78, 5) is 3.46. The Kier molecular flexibility index (Phi) is 3.80. The highest BCUT2D eigenvalue weighted by molar-refractivity contribution is 6.33. The minimum Gasteiger partial charge on any atom is -0.383 e. The molecule has 3 heterocycles. The highest BCUT2D eigenvalue weighted by Crippen LogP contribution is 2.40. The second-order valence-corrected chi connectivity index (χ2v) is 6.22. The molecule has 0 unspecified atom stereocenters. The lowest BCUT2D eigenvalue weighted by Crippen LogP contribution is -2.07. The molecule has 1 aliphatic heterocycles. The number of rotatable bonds is 2. The lowest BCUT2D eigenvalue weighted by atomic mass is 9.98. The summed E-state index contributed by atoms with van der Waals surface area (Å²) in [6.07, 6.45) is -6.00. The number of pyridine rings is 1. The third-order valence-corrected chi connectivity index (χ3v) is 4.48. The maximum atomic E-state index is 13.5. The van der Waals surface area contributed by atoms with Gasteiger partial charge in [0.15, 0.2) is 5.65 Å². The van der Waals surface area contributed by atoms with E-state index in [-0.39, 0.29) is 16.8 Å². The molecule has 4 nitrogen and oxygen atoms in total. The van der Waals surface area contributed by atoms with E-state index in [1.54, 1.807) is 6.07 Å². The van der Waals surface area contributed by atoms with E-state index in [1.807, 2.05) is 0 Å². The zero-order valence-electron chi connectivity index (χ0n) is 12.9. The van der Waals surface area contributed by atoms with Crippen LogP contribution in [0.5, 0.6) is 0 Å². The van der Waals surface area contributed by atoms with Crippen LogP contribution < -0.4 is 5.32 Å². The highest BCUT2D eigenvalue weighted by atomic mass is 35.5. The predicted molar refractivity (Wildman–Crippen MR) is 85.6 cm³/mol. The molecular weight excluding hydrogens is 379 g/mol. The molecule has 1 N–H and O–H groups in total. The molecule has 0 atom stereocenters. The molecule has 3 aromatic rings. The molecule has 10 heteroatoms. The monoisotopic (exact) mass is 388 g/mol. The maximum Gasteiger partial charge on any atom is 0.453 e. The van der Waals surface area contributed by atoms with Gasteiger partial charge in [0.05, 0.1) is 10.7 Å². The number of hydrogen-bond acceptors (Lipinski definition) is 3. The molecule has 0 saturated carbocycles. The number of aromatic nitrogens is 3. The number of halogens is 6. The Morgan fingerprint density at radius 3 is 2.69 bits per heavy atom. The summed E-state index contributed by atoms with van der Waals surface area (Å²) in [5.41, 5.74) is 0.961. The first kappa shape index (κ1) is 17.0. The Labute approximate surface area is 148 Å². The summed E-state index contributed by atoms with van der Waals surface area (Å²) in [6.45, 7) is 0.646. The molecule has 0 fully saturated rings. The number of hydrogen-bond donors (Lipinski definition) is 1. The quantitative estimate of drug-likeness (QED) is 0.630. The van der Waals surface area contributed by atoms with Crippen LogP contribution in [0, 0.1) is 0 Å². The molecular formula is C16H10ClF5N4. The summed E-state index contributed by atoms with van der Waals surface area (Å²) < 4.78 is 66.8. The summed E-state index contributed by atoms with van der Waals surface area (Å²) in [6, 6.07) is 4.13. The average molecular weight is 389 g/mol. The lowest BCUT2D eigenvalue weighted by Gasteiger charge is -2.12. The zero-order chi connectivity index (χ0) is 18.6. The van der Waals surface area contributed by atoms with Crippen molar-refractivity contribution >= 4 is 22.9 Å². The molecule has 0 amide bonds. The van der Waals surface area contributed by atoms with Crippen LogP contribution >= 0.6 is 11.6 Å². The van der Waals surface area contributed by atoms with E-state index in [1.165, 1.54) is 6.07 Å². The Balaban J connectivity index is 2.02. The first-order valence-electron chi connectivity index (χ1n) is 7.57. The summed E-state index contributed by atoms with van der Waals surface area (Å²) in [7, 11) is 0. The smallest absolute Gasteiger partial charge is 0.383 e. The van der Waals surface area contributed by atoms with E-state index >= 15 is 0 Å². The van der Waals surface area contributed by atoms with Gasteiger partial charge in [0.1, 0.15) is 0 Å². The minimum atomic E-state index is -4.78. The average Bonchev–Trinajstić information content (AvgIpc) is 3.19. The largest absolute Gasteiger partial charge is 0.453 e. The van der Waals surface area contributed by atoms with Gasteiger partial charge in [-0.25, -0.2) is 18.3 Å². The number of benzene rings is 1. The van der Waals surface area contributed by atoms with Crippen LogP contribution in [0.3, 0.4) is 0 Å². The van der Waals surface area contributed by atoms with Gasteiger partial charge in [-0.15, -0.1) is 5.10 Å². The van der Waals surface area contributed by atoms with E-state index in [2.05, 4.69) is 15.4 Å². The van der Waals surface area contributed by atoms with E-state index in [0.717, 1.165) is 22.3 Å². The van der Waals surface area contributed by atoms with Crippen LogP contribution in [0.2, 0.25) is 5.02 Å². The topological polar surface area (TPSA) is 42.2 Å². The van der Waals surface area contributed by atoms with Gasteiger partial charge < -0.3 is 5.32 Å². The summed E-state index contributed by atoms with van der Waals surface area (Å²) in [5.74, 6) is -1.39. The molecule has 0 aliphatic carbocycles. The van der Waals surface area contributed by atoms with Crippen molar-refractivity contribution in [3.8, 4) is 11.1 Å². The van der Waals surface area contributed by atoms with Crippen LogP contribution in [0.4, 0.5) is 27.6 Å². The number of anilines is 1. The Hall–Kier alpha value is -2.42. The first-order valence-corrected chi connectivity index (χ1v) is 7.95. The van der Waals surface area contributed by atoms with E-state index in [4.69, 9.17) is 11.6 Å². The Bertz CT molecular complexity index is 1010. The number of fused-ring (bicyclic) bond motifs is 2.